The number of para-hydroxylation sites is 1. The van der Waals surface area contributed by atoms with E-state index in [-0.39, 0.29) is 6.09 Å². The van der Waals surface area contributed by atoms with E-state index in [9.17, 15) is 13.2 Å². The van der Waals surface area contributed by atoms with E-state index >= 15 is 0 Å². The molecular formula is C25H31N3O4S. The van der Waals surface area contributed by atoms with Crippen LogP contribution < -0.4 is 4.72 Å². The van der Waals surface area contributed by atoms with Crippen LogP contribution in [0.15, 0.2) is 48.5 Å². The van der Waals surface area contributed by atoms with Crippen molar-refractivity contribution in [2.75, 3.05) is 24.1 Å². The van der Waals surface area contributed by atoms with Gasteiger partial charge in [0.1, 0.15) is 5.60 Å². The molecule has 0 atom stereocenters. The predicted octanol–water partition coefficient (Wildman–Crippen LogP) is 5.32. The van der Waals surface area contributed by atoms with Crippen LogP contribution in [-0.2, 0) is 14.8 Å². The second kappa shape index (κ2) is 8.74. The summed E-state index contributed by atoms with van der Waals surface area (Å²) >= 11 is 0. The first-order valence-corrected chi connectivity index (χ1v) is 13.1. The third-order valence-electron chi connectivity index (χ3n) is 5.78. The molecule has 0 aliphatic carbocycles. The van der Waals surface area contributed by atoms with Crippen LogP contribution in [0.2, 0.25) is 0 Å². The third kappa shape index (κ3) is 5.68. The molecule has 0 bridgehead atoms. The molecular weight excluding hydrogens is 438 g/mol. The first-order chi connectivity index (χ1) is 15.5. The third-order valence-corrected chi connectivity index (χ3v) is 6.37. The Morgan fingerprint density at radius 3 is 2.45 bits per heavy atom. The van der Waals surface area contributed by atoms with Crippen molar-refractivity contribution in [2.24, 2.45) is 0 Å². The molecule has 0 unspecified atom stereocenters. The lowest BCUT2D eigenvalue weighted by molar-refractivity contribution is 0.0205. The Morgan fingerprint density at radius 2 is 1.79 bits per heavy atom. The quantitative estimate of drug-likeness (QED) is 0.541. The second-order valence-corrected chi connectivity index (χ2v) is 11.4. The number of sulfonamides is 1. The van der Waals surface area contributed by atoms with Crippen LogP contribution in [0.3, 0.4) is 0 Å². The lowest BCUT2D eigenvalue weighted by Gasteiger charge is -2.33. The van der Waals surface area contributed by atoms with E-state index in [1.54, 1.807) is 17.0 Å². The highest BCUT2D eigenvalue weighted by Gasteiger charge is 2.27. The number of piperidine rings is 1. The number of anilines is 1. The number of hydrogen-bond acceptors (Lipinski definition) is 4. The van der Waals surface area contributed by atoms with Gasteiger partial charge in [0.05, 0.1) is 11.9 Å². The number of likely N-dealkylation sites (tertiary alicyclic amines) is 1. The van der Waals surface area contributed by atoms with Crippen LogP contribution in [0.25, 0.3) is 22.2 Å². The molecule has 7 nitrogen and oxygen atoms in total. The van der Waals surface area contributed by atoms with Crippen LogP contribution in [0.1, 0.15) is 45.1 Å². The average molecular weight is 470 g/mol. The number of fused-ring (bicyclic) bond motifs is 1. The Labute approximate surface area is 195 Å². The van der Waals surface area contributed by atoms with E-state index in [0.717, 1.165) is 41.3 Å². The zero-order chi connectivity index (χ0) is 23.8. The van der Waals surface area contributed by atoms with Gasteiger partial charge in [-0.05, 0) is 69.4 Å². The van der Waals surface area contributed by atoms with Crippen molar-refractivity contribution in [1.29, 1.82) is 0 Å². The molecule has 1 aliphatic rings. The Balaban J connectivity index is 1.52. The zero-order valence-corrected chi connectivity index (χ0v) is 20.3. The smallest absolute Gasteiger partial charge is 0.410 e. The highest BCUT2D eigenvalue weighted by atomic mass is 32.2. The predicted molar refractivity (Wildman–Crippen MR) is 132 cm³/mol. The molecule has 1 aromatic heterocycles. The van der Waals surface area contributed by atoms with Crippen LogP contribution in [0.4, 0.5) is 10.5 Å². The van der Waals surface area contributed by atoms with Crippen molar-refractivity contribution in [3.8, 4) is 11.3 Å². The van der Waals surface area contributed by atoms with Gasteiger partial charge in [-0.3, -0.25) is 4.72 Å². The van der Waals surface area contributed by atoms with Gasteiger partial charge in [-0.2, -0.15) is 0 Å². The molecule has 0 spiro atoms. The fourth-order valence-electron chi connectivity index (χ4n) is 4.28. The first-order valence-electron chi connectivity index (χ1n) is 11.2. The maximum Gasteiger partial charge on any atom is 0.410 e. The summed E-state index contributed by atoms with van der Waals surface area (Å²) in [4.78, 5) is 17.5. The van der Waals surface area contributed by atoms with E-state index in [4.69, 9.17) is 4.74 Å². The SMILES string of the molecule is CC(C)(C)OC(=O)N1CCC(c2ccc3[nH]c(-c4ccccc4NS(C)(=O)=O)cc3c2)CC1. The molecule has 0 radical (unpaired) electrons. The largest absolute Gasteiger partial charge is 0.444 e. The van der Waals surface area contributed by atoms with Crippen molar-refractivity contribution in [3.05, 3.63) is 54.1 Å². The maximum absolute atomic E-state index is 12.3. The normalized spacial score (nSPS) is 15.6. The molecule has 176 valence electrons. The van der Waals surface area contributed by atoms with Gasteiger partial charge in [0.15, 0.2) is 0 Å². The summed E-state index contributed by atoms with van der Waals surface area (Å²) in [7, 11) is -3.38. The molecule has 2 N–H and O–H groups in total. The number of hydrogen-bond donors (Lipinski definition) is 2. The zero-order valence-electron chi connectivity index (χ0n) is 19.5. The van der Waals surface area contributed by atoms with Gasteiger partial charge in [-0.25, -0.2) is 13.2 Å². The molecule has 1 fully saturated rings. The molecule has 2 heterocycles. The standard InChI is InChI=1S/C25H31N3O4S/c1-25(2,3)32-24(29)28-13-11-17(12-14-28)18-9-10-21-19(15-18)16-23(26-21)20-7-5-6-8-22(20)27-33(4,30)31/h5-10,15-17,26-27H,11-14H2,1-4H3. The van der Waals surface area contributed by atoms with Gasteiger partial charge in [0.25, 0.3) is 0 Å². The summed E-state index contributed by atoms with van der Waals surface area (Å²) < 4.78 is 31.6. The molecule has 8 heteroatoms. The number of carbonyl (C=O) groups excluding carboxylic acids is 1. The van der Waals surface area contributed by atoms with Gasteiger partial charge in [0, 0.05) is 35.2 Å². The fraction of sp³-hybridized carbons (Fsp3) is 0.400. The molecule has 3 aromatic rings. The minimum atomic E-state index is -3.38. The number of nitrogens with zero attached hydrogens (tertiary/aromatic N) is 1. The van der Waals surface area contributed by atoms with Gasteiger partial charge >= 0.3 is 6.09 Å². The summed E-state index contributed by atoms with van der Waals surface area (Å²) in [6, 6.07) is 15.8. The average Bonchev–Trinajstić information content (AvgIpc) is 3.15. The van der Waals surface area contributed by atoms with Crippen LogP contribution in [0, 0.1) is 0 Å². The number of carbonyl (C=O) groups is 1. The summed E-state index contributed by atoms with van der Waals surface area (Å²) in [6.07, 6.45) is 2.69. The van der Waals surface area contributed by atoms with Crippen molar-refractivity contribution >= 4 is 32.7 Å². The van der Waals surface area contributed by atoms with Crippen molar-refractivity contribution < 1.29 is 17.9 Å². The monoisotopic (exact) mass is 469 g/mol. The molecule has 1 saturated heterocycles. The van der Waals surface area contributed by atoms with Crippen molar-refractivity contribution in [3.63, 3.8) is 0 Å². The Morgan fingerprint density at radius 1 is 1.09 bits per heavy atom. The molecule has 0 saturated carbocycles. The highest BCUT2D eigenvalue weighted by Crippen LogP contribution is 2.34. The van der Waals surface area contributed by atoms with Gasteiger partial charge in [0.2, 0.25) is 10.0 Å². The minimum absolute atomic E-state index is 0.243. The Kier molecular flexibility index (Phi) is 6.14. The van der Waals surface area contributed by atoms with E-state index in [2.05, 4.69) is 34.0 Å². The minimum Gasteiger partial charge on any atom is -0.444 e. The maximum atomic E-state index is 12.3. The van der Waals surface area contributed by atoms with Gasteiger partial charge in [-0.15, -0.1) is 0 Å². The summed E-state index contributed by atoms with van der Waals surface area (Å²) in [5.74, 6) is 0.380. The molecule has 2 aromatic carbocycles. The van der Waals surface area contributed by atoms with Crippen molar-refractivity contribution in [1.82, 2.24) is 9.88 Å². The van der Waals surface area contributed by atoms with Gasteiger partial charge < -0.3 is 14.6 Å². The lowest BCUT2D eigenvalue weighted by Crippen LogP contribution is -2.41. The lowest BCUT2D eigenvalue weighted by atomic mass is 9.89. The van der Waals surface area contributed by atoms with E-state index < -0.39 is 15.6 Å². The number of ether oxygens (including phenoxy) is 1. The summed E-state index contributed by atoms with van der Waals surface area (Å²) in [5, 5.41) is 1.08. The van der Waals surface area contributed by atoms with Crippen molar-refractivity contribution in [2.45, 2.75) is 45.1 Å². The number of aromatic amines is 1. The van der Waals surface area contributed by atoms with Crippen LogP contribution in [0.5, 0.6) is 0 Å². The van der Waals surface area contributed by atoms with Crippen LogP contribution >= 0.6 is 0 Å². The molecule has 33 heavy (non-hydrogen) atoms. The molecule has 4 rings (SSSR count). The Hall–Kier alpha value is -3.00. The number of H-pyrrole nitrogens is 1. The second-order valence-electron chi connectivity index (χ2n) is 9.69. The highest BCUT2D eigenvalue weighted by molar-refractivity contribution is 7.92. The summed E-state index contributed by atoms with van der Waals surface area (Å²) in [5.41, 5.74) is 3.95. The van der Waals surface area contributed by atoms with E-state index in [0.29, 0.717) is 24.7 Å². The topological polar surface area (TPSA) is 91.5 Å². The number of aromatic nitrogens is 1. The molecule has 1 aliphatic heterocycles. The van der Waals surface area contributed by atoms with Gasteiger partial charge in [-0.1, -0.05) is 24.3 Å². The van der Waals surface area contributed by atoms with E-state index in [1.807, 2.05) is 32.9 Å². The summed E-state index contributed by atoms with van der Waals surface area (Å²) in [6.45, 7) is 7.01. The fourth-order valence-corrected chi connectivity index (χ4v) is 4.86. The number of amides is 1. The number of benzene rings is 2. The van der Waals surface area contributed by atoms with Crippen LogP contribution in [-0.4, -0.2) is 49.3 Å². The van der Waals surface area contributed by atoms with E-state index in [1.165, 1.54) is 5.56 Å². The number of nitrogens with one attached hydrogen (secondary N) is 2. The molecule has 1 amide bonds. The first kappa shape index (κ1) is 23.2. The Bertz CT molecular complexity index is 1270. The number of rotatable bonds is 4.